The van der Waals surface area contributed by atoms with E-state index in [1.165, 1.54) is 24.3 Å². The van der Waals surface area contributed by atoms with Crippen LogP contribution in [-0.2, 0) is 0 Å². The Morgan fingerprint density at radius 1 is 0.625 bits per heavy atom. The van der Waals surface area contributed by atoms with Gasteiger partial charge in [0.15, 0.2) is 0 Å². The van der Waals surface area contributed by atoms with Crippen molar-refractivity contribution in [1.82, 2.24) is 0 Å². The molecule has 32 heavy (non-hydrogen) atoms. The number of benzene rings is 3. The third kappa shape index (κ3) is 5.09. The van der Waals surface area contributed by atoms with E-state index < -0.39 is 9.85 Å². The first-order valence-electron chi connectivity index (χ1n) is 9.24. The smallest absolute Gasteiger partial charge is 0.258 e. The van der Waals surface area contributed by atoms with Gasteiger partial charge >= 0.3 is 0 Å². The van der Waals surface area contributed by atoms with E-state index in [1.807, 2.05) is 0 Å². The van der Waals surface area contributed by atoms with Gasteiger partial charge in [0.25, 0.3) is 11.4 Å². The predicted octanol–water partition coefficient (Wildman–Crippen LogP) is 5.63. The van der Waals surface area contributed by atoms with Crippen LogP contribution in [0.2, 0.25) is 0 Å². The molecule has 0 amide bonds. The van der Waals surface area contributed by atoms with Gasteiger partial charge in [-0.3, -0.25) is 20.2 Å². The van der Waals surface area contributed by atoms with Crippen molar-refractivity contribution in [3.63, 3.8) is 0 Å². The average molecular weight is 422 g/mol. The minimum absolute atomic E-state index is 0.0335. The number of nitro benzene ring substituents is 2. The maximum absolute atomic E-state index is 10.8. The molecule has 0 radical (unpaired) electrons. The van der Waals surface area contributed by atoms with Gasteiger partial charge in [-0.15, -0.1) is 0 Å². The molecule has 8 heteroatoms. The number of allylic oxidation sites excluding steroid dienone is 2. The molecule has 0 N–H and O–H groups in total. The van der Waals surface area contributed by atoms with Crippen molar-refractivity contribution in [1.29, 1.82) is 10.5 Å². The molecular weight excluding hydrogens is 408 g/mol. The van der Waals surface area contributed by atoms with E-state index >= 15 is 0 Å². The quantitative estimate of drug-likeness (QED) is 0.219. The van der Waals surface area contributed by atoms with E-state index in [9.17, 15) is 30.8 Å². The average Bonchev–Trinajstić information content (AvgIpc) is 2.81. The van der Waals surface area contributed by atoms with Crippen molar-refractivity contribution in [2.75, 3.05) is 0 Å². The zero-order valence-electron chi connectivity index (χ0n) is 16.5. The van der Waals surface area contributed by atoms with Gasteiger partial charge in [0.05, 0.1) is 33.1 Å². The van der Waals surface area contributed by atoms with E-state index in [0.29, 0.717) is 33.4 Å². The fourth-order valence-corrected chi connectivity index (χ4v) is 2.91. The minimum atomic E-state index is -0.492. The number of hydrogen-bond donors (Lipinski definition) is 0. The molecule has 0 fully saturated rings. The summed E-state index contributed by atoms with van der Waals surface area (Å²) in [5.74, 6) is 0. The minimum Gasteiger partial charge on any atom is -0.258 e. The number of non-ortho nitro benzene ring substituents is 2. The number of nitriles is 2. The van der Waals surface area contributed by atoms with Crippen LogP contribution in [0, 0.1) is 42.9 Å². The number of rotatable bonds is 6. The molecule has 0 atom stereocenters. The highest BCUT2D eigenvalue weighted by atomic mass is 16.6. The van der Waals surface area contributed by atoms with Gasteiger partial charge in [-0.25, -0.2) is 0 Å². The van der Waals surface area contributed by atoms with Crippen LogP contribution in [0.4, 0.5) is 11.4 Å². The van der Waals surface area contributed by atoms with Crippen molar-refractivity contribution in [2.45, 2.75) is 0 Å². The highest BCUT2D eigenvalue weighted by molar-refractivity contribution is 5.92. The van der Waals surface area contributed by atoms with Crippen LogP contribution in [-0.4, -0.2) is 9.85 Å². The van der Waals surface area contributed by atoms with E-state index in [4.69, 9.17) is 0 Å². The van der Waals surface area contributed by atoms with Gasteiger partial charge in [0.2, 0.25) is 0 Å². The molecule has 0 saturated carbocycles. The summed E-state index contributed by atoms with van der Waals surface area (Å²) in [5, 5.41) is 40.6. The molecule has 0 unspecified atom stereocenters. The molecule has 154 valence electrons. The molecule has 3 rings (SSSR count). The molecule has 8 nitrogen and oxygen atoms in total. The second kappa shape index (κ2) is 9.61. The molecule has 0 aromatic heterocycles. The Balaban J connectivity index is 1.86. The first-order chi connectivity index (χ1) is 15.4. The van der Waals surface area contributed by atoms with Crippen LogP contribution in [0.15, 0.2) is 72.8 Å². The van der Waals surface area contributed by atoms with Crippen molar-refractivity contribution < 1.29 is 9.85 Å². The SMILES string of the molecule is N#CC(=Cc1ccc([N+](=O)[O-])cc1)c1ccc(C(C#N)=Cc2ccc([N+](=O)[O-])cc2)cc1. The summed E-state index contributed by atoms with van der Waals surface area (Å²) >= 11 is 0. The zero-order valence-corrected chi connectivity index (χ0v) is 16.5. The van der Waals surface area contributed by atoms with Crippen molar-refractivity contribution in [2.24, 2.45) is 0 Å². The largest absolute Gasteiger partial charge is 0.269 e. The standard InChI is InChI=1S/C24H14N4O4/c25-15-21(13-17-1-9-23(10-2-17)27(29)30)19-5-7-20(8-6-19)22(16-26)14-18-3-11-24(12-4-18)28(31)32/h1-14H. The molecular formula is C24H14N4O4. The lowest BCUT2D eigenvalue weighted by Crippen LogP contribution is -1.88. The van der Waals surface area contributed by atoms with Crippen molar-refractivity contribution >= 4 is 34.7 Å². The Bertz CT molecular complexity index is 1200. The molecule has 0 heterocycles. The van der Waals surface area contributed by atoms with Gasteiger partial charge in [0.1, 0.15) is 0 Å². The maximum Gasteiger partial charge on any atom is 0.269 e. The molecule has 0 aliphatic rings. The van der Waals surface area contributed by atoms with Crippen LogP contribution < -0.4 is 0 Å². The number of nitrogens with zero attached hydrogens (tertiary/aromatic N) is 4. The van der Waals surface area contributed by atoms with Crippen LogP contribution in [0.1, 0.15) is 22.3 Å². The number of hydrogen-bond acceptors (Lipinski definition) is 6. The van der Waals surface area contributed by atoms with Gasteiger partial charge < -0.3 is 0 Å². The van der Waals surface area contributed by atoms with Crippen LogP contribution >= 0.6 is 0 Å². The lowest BCUT2D eigenvalue weighted by atomic mass is 9.98. The van der Waals surface area contributed by atoms with Gasteiger partial charge in [-0.1, -0.05) is 24.3 Å². The normalized spacial score (nSPS) is 11.3. The summed E-state index contributed by atoms with van der Waals surface area (Å²) in [6.45, 7) is 0. The molecule has 0 aliphatic carbocycles. The first kappa shape index (κ1) is 21.6. The maximum atomic E-state index is 10.8. The fourth-order valence-electron chi connectivity index (χ4n) is 2.91. The topological polar surface area (TPSA) is 134 Å². The highest BCUT2D eigenvalue weighted by Gasteiger charge is 2.08. The Labute approximate surface area is 182 Å². The second-order valence-electron chi connectivity index (χ2n) is 6.61. The Hall–Kier alpha value is -5.08. The van der Waals surface area contributed by atoms with Crippen LogP contribution in [0.3, 0.4) is 0 Å². The third-order valence-electron chi connectivity index (χ3n) is 4.58. The Morgan fingerprint density at radius 2 is 0.938 bits per heavy atom. The summed E-state index contributed by atoms with van der Waals surface area (Å²) in [6.07, 6.45) is 3.24. The molecule has 0 bridgehead atoms. The lowest BCUT2D eigenvalue weighted by Gasteiger charge is -2.04. The first-order valence-corrected chi connectivity index (χ1v) is 9.24. The third-order valence-corrected chi connectivity index (χ3v) is 4.58. The summed E-state index contributed by atoms with van der Waals surface area (Å²) in [6, 6.07) is 22.8. The van der Waals surface area contributed by atoms with Crippen molar-refractivity contribution in [3.05, 3.63) is 115 Å². The van der Waals surface area contributed by atoms with Gasteiger partial charge in [0, 0.05) is 24.3 Å². The molecule has 0 saturated heterocycles. The van der Waals surface area contributed by atoms with Crippen LogP contribution in [0.5, 0.6) is 0 Å². The fraction of sp³-hybridized carbons (Fsp3) is 0. The van der Waals surface area contributed by atoms with E-state index in [-0.39, 0.29) is 11.4 Å². The molecule has 0 spiro atoms. The van der Waals surface area contributed by atoms with Crippen molar-refractivity contribution in [3.8, 4) is 12.1 Å². The van der Waals surface area contributed by atoms with E-state index in [0.717, 1.165) is 0 Å². The van der Waals surface area contributed by atoms with E-state index in [2.05, 4.69) is 12.1 Å². The lowest BCUT2D eigenvalue weighted by molar-refractivity contribution is -0.385. The van der Waals surface area contributed by atoms with Gasteiger partial charge in [-0.2, -0.15) is 10.5 Å². The van der Waals surface area contributed by atoms with E-state index in [1.54, 1.807) is 60.7 Å². The number of nitro groups is 2. The summed E-state index contributed by atoms with van der Waals surface area (Å²) in [5.41, 5.74) is 3.21. The summed E-state index contributed by atoms with van der Waals surface area (Å²) in [7, 11) is 0. The highest BCUT2D eigenvalue weighted by Crippen LogP contribution is 2.24. The zero-order chi connectivity index (χ0) is 23.1. The van der Waals surface area contributed by atoms with Crippen LogP contribution in [0.25, 0.3) is 23.3 Å². The van der Waals surface area contributed by atoms with Gasteiger partial charge in [-0.05, 0) is 58.7 Å². The predicted molar refractivity (Wildman–Crippen MR) is 120 cm³/mol. The molecule has 0 aliphatic heterocycles. The summed E-state index contributed by atoms with van der Waals surface area (Å²) < 4.78 is 0. The monoisotopic (exact) mass is 422 g/mol. The molecule has 3 aromatic rings. The summed E-state index contributed by atoms with van der Waals surface area (Å²) in [4.78, 5) is 20.5. The molecule has 3 aromatic carbocycles. The Morgan fingerprint density at radius 3 is 1.19 bits per heavy atom. The Kier molecular flexibility index (Phi) is 6.50. The second-order valence-corrected chi connectivity index (χ2v) is 6.61.